The Morgan fingerprint density at radius 2 is 1.84 bits per heavy atom. The Morgan fingerprint density at radius 3 is 2.26 bits per heavy atom. The summed E-state index contributed by atoms with van der Waals surface area (Å²) in [7, 11) is 4.59. The maximum Gasteiger partial charge on any atom is 0.306 e. The maximum absolute atomic E-state index is 11.0. The van der Waals surface area contributed by atoms with Crippen LogP contribution in [0.4, 0.5) is 0 Å². The summed E-state index contributed by atoms with van der Waals surface area (Å²) >= 11 is 3.39. The smallest absolute Gasteiger partial charge is 0.306 e. The molecule has 0 fully saturated rings. The molecule has 1 atom stereocenters. The van der Waals surface area contributed by atoms with Crippen LogP contribution in [-0.4, -0.2) is 32.4 Å². The molecule has 19 heavy (non-hydrogen) atoms. The molecule has 1 N–H and O–H groups in total. The van der Waals surface area contributed by atoms with E-state index in [0.29, 0.717) is 28.1 Å². The van der Waals surface area contributed by atoms with Crippen molar-refractivity contribution in [3.63, 3.8) is 0 Å². The van der Waals surface area contributed by atoms with Gasteiger partial charge in [-0.1, -0.05) is 6.92 Å². The number of carbonyl (C=O) groups is 1. The van der Waals surface area contributed by atoms with Crippen molar-refractivity contribution in [2.75, 3.05) is 21.3 Å². The number of rotatable bonds is 6. The van der Waals surface area contributed by atoms with E-state index in [-0.39, 0.29) is 0 Å². The normalized spacial score (nSPS) is 11.8. The van der Waals surface area contributed by atoms with Gasteiger partial charge < -0.3 is 19.3 Å². The molecule has 0 aliphatic rings. The van der Waals surface area contributed by atoms with E-state index in [1.807, 2.05) is 0 Å². The third-order valence-corrected chi connectivity index (χ3v) is 3.52. The lowest BCUT2D eigenvalue weighted by molar-refractivity contribution is -0.141. The fourth-order valence-corrected chi connectivity index (χ4v) is 2.55. The van der Waals surface area contributed by atoms with Crippen LogP contribution in [0.15, 0.2) is 10.5 Å². The van der Waals surface area contributed by atoms with Crippen molar-refractivity contribution in [3.05, 3.63) is 16.1 Å². The van der Waals surface area contributed by atoms with Crippen molar-refractivity contribution in [2.24, 2.45) is 5.92 Å². The zero-order chi connectivity index (χ0) is 14.6. The second kappa shape index (κ2) is 6.65. The van der Waals surface area contributed by atoms with Gasteiger partial charge in [-0.2, -0.15) is 0 Å². The molecular weight excluding hydrogens is 316 g/mol. The van der Waals surface area contributed by atoms with Crippen LogP contribution in [0, 0.1) is 5.92 Å². The molecule has 0 bridgehead atoms. The van der Waals surface area contributed by atoms with Gasteiger partial charge in [0.25, 0.3) is 0 Å². The highest BCUT2D eigenvalue weighted by Gasteiger charge is 2.21. The molecule has 0 radical (unpaired) electrons. The first kappa shape index (κ1) is 15.6. The number of ether oxygens (including phenoxy) is 3. The van der Waals surface area contributed by atoms with Crippen molar-refractivity contribution < 1.29 is 24.1 Å². The largest absolute Gasteiger partial charge is 0.495 e. The second-order valence-corrected chi connectivity index (χ2v) is 4.85. The quantitative estimate of drug-likeness (QED) is 0.867. The minimum atomic E-state index is -0.854. The van der Waals surface area contributed by atoms with Crippen molar-refractivity contribution in [3.8, 4) is 17.2 Å². The van der Waals surface area contributed by atoms with Crippen LogP contribution in [-0.2, 0) is 11.2 Å². The van der Waals surface area contributed by atoms with Crippen molar-refractivity contribution in [2.45, 2.75) is 13.3 Å². The highest BCUT2D eigenvalue weighted by molar-refractivity contribution is 9.10. The number of hydrogen-bond donors (Lipinski definition) is 1. The maximum atomic E-state index is 11.0. The zero-order valence-corrected chi connectivity index (χ0v) is 12.9. The Kier molecular flexibility index (Phi) is 5.47. The van der Waals surface area contributed by atoms with E-state index in [1.54, 1.807) is 13.0 Å². The summed E-state index contributed by atoms with van der Waals surface area (Å²) in [5.41, 5.74) is 0.752. The van der Waals surface area contributed by atoms with Gasteiger partial charge in [0, 0.05) is 5.56 Å². The van der Waals surface area contributed by atoms with Crippen LogP contribution >= 0.6 is 15.9 Å². The minimum Gasteiger partial charge on any atom is -0.495 e. The summed E-state index contributed by atoms with van der Waals surface area (Å²) in [6.07, 6.45) is 0.345. The van der Waals surface area contributed by atoms with Crippen molar-refractivity contribution in [1.82, 2.24) is 0 Å². The molecule has 0 saturated heterocycles. The molecule has 106 valence electrons. The van der Waals surface area contributed by atoms with Gasteiger partial charge in [-0.05, 0) is 28.4 Å². The lowest BCUT2D eigenvalue weighted by Crippen LogP contribution is -2.13. The van der Waals surface area contributed by atoms with Gasteiger partial charge in [0.2, 0.25) is 0 Å². The number of methoxy groups -OCH3 is 3. The summed E-state index contributed by atoms with van der Waals surface area (Å²) in [4.78, 5) is 11.0. The van der Waals surface area contributed by atoms with E-state index in [2.05, 4.69) is 15.9 Å². The van der Waals surface area contributed by atoms with Gasteiger partial charge in [-0.15, -0.1) is 0 Å². The third-order valence-electron chi connectivity index (χ3n) is 2.80. The Bertz CT molecular complexity index is 473. The lowest BCUT2D eigenvalue weighted by Gasteiger charge is -2.17. The molecule has 0 spiro atoms. The van der Waals surface area contributed by atoms with Crippen LogP contribution in [0.25, 0.3) is 0 Å². The monoisotopic (exact) mass is 332 g/mol. The van der Waals surface area contributed by atoms with Gasteiger partial charge in [-0.3, -0.25) is 4.79 Å². The second-order valence-electron chi connectivity index (χ2n) is 4.06. The Labute approximate surface area is 120 Å². The minimum absolute atomic E-state index is 0.345. The van der Waals surface area contributed by atoms with Crippen LogP contribution in [0.2, 0.25) is 0 Å². The summed E-state index contributed by atoms with van der Waals surface area (Å²) in [6, 6.07) is 1.74. The van der Waals surface area contributed by atoms with Gasteiger partial charge in [0.1, 0.15) is 10.2 Å². The number of carboxylic acid groups (broad SMARTS) is 1. The fraction of sp³-hybridized carbons (Fsp3) is 0.462. The van der Waals surface area contributed by atoms with Gasteiger partial charge in [-0.25, -0.2) is 0 Å². The summed E-state index contributed by atoms with van der Waals surface area (Å²) in [5, 5.41) is 8.99. The molecule has 0 heterocycles. The number of carboxylic acids is 1. The molecule has 6 heteroatoms. The molecule has 0 aliphatic heterocycles. The Balaban J connectivity index is 3.30. The number of benzene rings is 1. The van der Waals surface area contributed by atoms with E-state index >= 15 is 0 Å². The number of aliphatic carboxylic acids is 1. The van der Waals surface area contributed by atoms with Gasteiger partial charge in [0.05, 0.1) is 27.2 Å². The predicted octanol–water partition coefficient (Wildman–Crippen LogP) is 2.74. The van der Waals surface area contributed by atoms with Crippen LogP contribution in [0.1, 0.15) is 12.5 Å². The number of hydrogen-bond acceptors (Lipinski definition) is 4. The summed E-state index contributed by atoms with van der Waals surface area (Å²) < 4.78 is 16.4. The standard InChI is InChI=1S/C13H17BrO5/c1-7(13(15)16)5-8-6-9(17-2)12(19-4)10(14)11(8)18-3/h6-7H,5H2,1-4H3,(H,15,16). The first-order valence-corrected chi connectivity index (χ1v) is 6.45. The lowest BCUT2D eigenvalue weighted by atomic mass is 10.00. The van der Waals surface area contributed by atoms with E-state index in [9.17, 15) is 4.79 Å². The zero-order valence-electron chi connectivity index (χ0n) is 11.3. The van der Waals surface area contributed by atoms with Crippen molar-refractivity contribution in [1.29, 1.82) is 0 Å². The average molecular weight is 333 g/mol. The summed E-state index contributed by atoms with van der Waals surface area (Å²) in [6.45, 7) is 1.65. The SMILES string of the molecule is COc1cc(CC(C)C(=O)O)c(OC)c(Br)c1OC. The Morgan fingerprint density at radius 1 is 1.26 bits per heavy atom. The van der Waals surface area contributed by atoms with Crippen LogP contribution in [0.5, 0.6) is 17.2 Å². The molecule has 1 unspecified atom stereocenters. The van der Waals surface area contributed by atoms with Crippen LogP contribution in [0.3, 0.4) is 0 Å². The highest BCUT2D eigenvalue weighted by Crippen LogP contribution is 2.44. The van der Waals surface area contributed by atoms with E-state index in [1.165, 1.54) is 21.3 Å². The van der Waals surface area contributed by atoms with Gasteiger partial charge in [0.15, 0.2) is 11.5 Å². The molecule has 1 aromatic rings. The highest BCUT2D eigenvalue weighted by atomic mass is 79.9. The third kappa shape index (κ3) is 3.32. The van der Waals surface area contributed by atoms with Crippen molar-refractivity contribution >= 4 is 21.9 Å². The molecule has 0 amide bonds. The molecule has 1 aromatic carbocycles. The van der Waals surface area contributed by atoms with E-state index in [0.717, 1.165) is 5.56 Å². The molecule has 0 aliphatic carbocycles. The molecular formula is C13H17BrO5. The first-order chi connectivity index (χ1) is 8.96. The summed E-state index contributed by atoms with van der Waals surface area (Å²) in [5.74, 6) is 0.242. The predicted molar refractivity (Wildman–Crippen MR) is 74.3 cm³/mol. The molecule has 0 aromatic heterocycles. The first-order valence-electron chi connectivity index (χ1n) is 5.66. The van der Waals surface area contributed by atoms with E-state index in [4.69, 9.17) is 19.3 Å². The van der Waals surface area contributed by atoms with Crippen LogP contribution < -0.4 is 14.2 Å². The number of halogens is 1. The Hall–Kier alpha value is -1.43. The topological polar surface area (TPSA) is 65.0 Å². The molecule has 0 saturated carbocycles. The van der Waals surface area contributed by atoms with Gasteiger partial charge >= 0.3 is 5.97 Å². The molecule has 5 nitrogen and oxygen atoms in total. The average Bonchev–Trinajstić information content (AvgIpc) is 2.38. The molecule has 1 rings (SSSR count). The van der Waals surface area contributed by atoms with E-state index < -0.39 is 11.9 Å². The fourth-order valence-electron chi connectivity index (χ4n) is 1.77.